The third-order valence-electron chi connectivity index (χ3n) is 4.69. The molecular weight excluding hydrogens is 422 g/mol. The van der Waals surface area contributed by atoms with Crippen LogP contribution in [0.5, 0.6) is 5.75 Å². The van der Waals surface area contributed by atoms with E-state index < -0.39 is 4.92 Å². The van der Waals surface area contributed by atoms with Crippen molar-refractivity contribution in [2.75, 3.05) is 12.1 Å². The number of non-ortho nitro benzene ring substituents is 1. The van der Waals surface area contributed by atoms with Crippen molar-refractivity contribution in [1.29, 1.82) is 0 Å². The molecule has 156 valence electrons. The fourth-order valence-electron chi connectivity index (χ4n) is 3.18. The third kappa shape index (κ3) is 3.93. The molecule has 2 aromatic carbocycles. The average Bonchev–Trinajstić information content (AvgIpc) is 3.33. The fraction of sp³-hybridized carbons (Fsp3) is 0.0909. The van der Waals surface area contributed by atoms with Gasteiger partial charge in [-0.3, -0.25) is 14.9 Å². The first kappa shape index (κ1) is 20.4. The van der Waals surface area contributed by atoms with Gasteiger partial charge in [0.15, 0.2) is 0 Å². The number of nitrogens with zero attached hydrogens (tertiary/aromatic N) is 3. The minimum atomic E-state index is -0.496. The predicted molar refractivity (Wildman–Crippen MR) is 117 cm³/mol. The molecule has 0 saturated heterocycles. The molecule has 0 radical (unpaired) electrons. The number of hydrogen-bond donors (Lipinski definition) is 0. The quantitative estimate of drug-likeness (QED) is 0.305. The number of rotatable bonds is 5. The van der Waals surface area contributed by atoms with Crippen LogP contribution in [0.4, 0.5) is 11.4 Å². The summed E-state index contributed by atoms with van der Waals surface area (Å²) in [7, 11) is 1.43. The number of anilines is 1. The first-order valence-electron chi connectivity index (χ1n) is 9.17. The molecule has 0 spiro atoms. The SMILES string of the molecule is COc1cc([N+](=O)[O-])ccc1-c1ccc(C=C2C(=O)N(c3cccc(Cl)c3)N=C2C)o1. The number of carbonyl (C=O) groups excluding carboxylic acids is 1. The van der Waals surface area contributed by atoms with Gasteiger partial charge >= 0.3 is 0 Å². The summed E-state index contributed by atoms with van der Waals surface area (Å²) in [5.41, 5.74) is 1.96. The van der Waals surface area contributed by atoms with Gasteiger partial charge < -0.3 is 9.15 Å². The number of hydrazone groups is 1. The second-order valence-electron chi connectivity index (χ2n) is 6.68. The average molecular weight is 438 g/mol. The van der Waals surface area contributed by atoms with Crippen LogP contribution < -0.4 is 9.75 Å². The highest BCUT2D eigenvalue weighted by molar-refractivity contribution is 6.33. The molecule has 9 heteroatoms. The third-order valence-corrected chi connectivity index (χ3v) is 4.93. The van der Waals surface area contributed by atoms with Crippen LogP contribution in [0.15, 0.2) is 69.7 Å². The van der Waals surface area contributed by atoms with Gasteiger partial charge in [0, 0.05) is 11.1 Å². The number of hydrogen-bond acceptors (Lipinski definition) is 6. The topological polar surface area (TPSA) is 98.2 Å². The Morgan fingerprint density at radius 1 is 1.19 bits per heavy atom. The van der Waals surface area contributed by atoms with E-state index in [4.69, 9.17) is 20.8 Å². The molecule has 2 heterocycles. The summed E-state index contributed by atoms with van der Waals surface area (Å²) in [6.07, 6.45) is 1.60. The van der Waals surface area contributed by atoms with E-state index in [1.54, 1.807) is 55.5 Å². The Kier molecular flexibility index (Phi) is 5.31. The summed E-state index contributed by atoms with van der Waals surface area (Å²) in [6.45, 7) is 1.73. The molecular formula is C22H16ClN3O5. The monoisotopic (exact) mass is 437 g/mol. The van der Waals surface area contributed by atoms with Crippen molar-refractivity contribution in [1.82, 2.24) is 0 Å². The molecule has 3 aromatic rings. The van der Waals surface area contributed by atoms with Gasteiger partial charge in [-0.1, -0.05) is 17.7 Å². The maximum Gasteiger partial charge on any atom is 0.280 e. The molecule has 0 saturated carbocycles. The molecule has 0 bridgehead atoms. The molecule has 1 aliphatic heterocycles. The number of carbonyl (C=O) groups is 1. The fourth-order valence-corrected chi connectivity index (χ4v) is 3.37. The minimum absolute atomic E-state index is 0.0843. The highest BCUT2D eigenvalue weighted by Crippen LogP contribution is 2.35. The summed E-state index contributed by atoms with van der Waals surface area (Å²) < 4.78 is 11.1. The Bertz CT molecular complexity index is 1260. The molecule has 0 atom stereocenters. The van der Waals surface area contributed by atoms with Gasteiger partial charge in [0.1, 0.15) is 17.3 Å². The van der Waals surface area contributed by atoms with Crippen LogP contribution in [0.2, 0.25) is 5.02 Å². The Morgan fingerprint density at radius 2 is 2.00 bits per heavy atom. The Morgan fingerprint density at radius 3 is 2.71 bits per heavy atom. The van der Waals surface area contributed by atoms with E-state index in [1.165, 1.54) is 24.3 Å². The second kappa shape index (κ2) is 8.08. The van der Waals surface area contributed by atoms with Crippen molar-refractivity contribution in [3.63, 3.8) is 0 Å². The lowest BCUT2D eigenvalue weighted by atomic mass is 10.1. The molecule has 31 heavy (non-hydrogen) atoms. The van der Waals surface area contributed by atoms with E-state index in [9.17, 15) is 14.9 Å². The lowest BCUT2D eigenvalue weighted by Gasteiger charge is -2.11. The lowest BCUT2D eigenvalue weighted by Crippen LogP contribution is -2.21. The van der Waals surface area contributed by atoms with Gasteiger partial charge in [-0.25, -0.2) is 0 Å². The molecule has 1 aliphatic rings. The maximum absolute atomic E-state index is 12.9. The zero-order chi connectivity index (χ0) is 22.1. The van der Waals surface area contributed by atoms with Crippen LogP contribution in [-0.2, 0) is 4.79 Å². The summed E-state index contributed by atoms with van der Waals surface area (Å²) in [4.78, 5) is 23.4. The molecule has 4 rings (SSSR count). The second-order valence-corrected chi connectivity index (χ2v) is 7.12. The summed E-state index contributed by atoms with van der Waals surface area (Å²) in [5.74, 6) is 0.891. The summed E-state index contributed by atoms with van der Waals surface area (Å²) >= 11 is 6.02. The van der Waals surface area contributed by atoms with E-state index in [2.05, 4.69) is 5.10 Å². The van der Waals surface area contributed by atoms with Crippen LogP contribution >= 0.6 is 11.6 Å². The molecule has 1 aromatic heterocycles. The Hall–Kier alpha value is -3.91. The number of halogens is 1. The van der Waals surface area contributed by atoms with Crippen LogP contribution in [-0.4, -0.2) is 23.7 Å². The Balaban J connectivity index is 1.64. The zero-order valence-electron chi connectivity index (χ0n) is 16.5. The van der Waals surface area contributed by atoms with Gasteiger partial charge in [-0.05, 0) is 49.4 Å². The van der Waals surface area contributed by atoms with Gasteiger partial charge in [0.05, 0.1) is 40.6 Å². The van der Waals surface area contributed by atoms with Gasteiger partial charge in [-0.15, -0.1) is 0 Å². The Labute approximate surface area is 182 Å². The zero-order valence-corrected chi connectivity index (χ0v) is 17.3. The molecule has 0 aliphatic carbocycles. The maximum atomic E-state index is 12.9. The number of methoxy groups -OCH3 is 1. The number of ether oxygens (including phenoxy) is 1. The minimum Gasteiger partial charge on any atom is -0.496 e. The molecule has 0 N–H and O–H groups in total. The highest BCUT2D eigenvalue weighted by Gasteiger charge is 2.29. The largest absolute Gasteiger partial charge is 0.496 e. The predicted octanol–water partition coefficient (Wildman–Crippen LogP) is 5.32. The van der Waals surface area contributed by atoms with Crippen molar-refractivity contribution in [2.24, 2.45) is 5.10 Å². The van der Waals surface area contributed by atoms with Gasteiger partial charge in [0.25, 0.3) is 11.6 Å². The number of nitro groups is 1. The van der Waals surface area contributed by atoms with E-state index in [0.717, 1.165) is 0 Å². The van der Waals surface area contributed by atoms with Crippen molar-refractivity contribution in [3.8, 4) is 17.1 Å². The van der Waals surface area contributed by atoms with E-state index >= 15 is 0 Å². The molecule has 8 nitrogen and oxygen atoms in total. The summed E-state index contributed by atoms with van der Waals surface area (Å²) in [5, 5.41) is 17.1. The van der Waals surface area contributed by atoms with Crippen molar-refractivity contribution < 1.29 is 18.9 Å². The molecule has 0 unspecified atom stereocenters. The standard InChI is InChI=1S/C22H16ClN3O5/c1-13-19(22(27)25(24-13)15-5-3-4-14(23)10-15)12-17-7-9-20(31-17)18-8-6-16(26(28)29)11-21(18)30-2/h3-12H,1-2H3. The van der Waals surface area contributed by atoms with Crippen LogP contribution in [0, 0.1) is 10.1 Å². The van der Waals surface area contributed by atoms with Crippen molar-refractivity contribution in [3.05, 3.63) is 81.1 Å². The van der Waals surface area contributed by atoms with Gasteiger partial charge in [-0.2, -0.15) is 10.1 Å². The van der Waals surface area contributed by atoms with Crippen LogP contribution in [0.3, 0.4) is 0 Å². The highest BCUT2D eigenvalue weighted by atomic mass is 35.5. The first-order valence-corrected chi connectivity index (χ1v) is 9.55. The number of furan rings is 1. The number of nitro benzene ring substituents is 1. The van der Waals surface area contributed by atoms with E-state index in [1.807, 2.05) is 0 Å². The first-order chi connectivity index (χ1) is 14.9. The smallest absolute Gasteiger partial charge is 0.280 e. The van der Waals surface area contributed by atoms with E-state index in [0.29, 0.717) is 44.8 Å². The van der Waals surface area contributed by atoms with E-state index in [-0.39, 0.29) is 11.6 Å². The lowest BCUT2D eigenvalue weighted by molar-refractivity contribution is -0.384. The number of benzene rings is 2. The molecule has 1 amide bonds. The normalized spacial score (nSPS) is 14.8. The molecule has 0 fully saturated rings. The van der Waals surface area contributed by atoms with Crippen LogP contribution in [0.1, 0.15) is 12.7 Å². The van der Waals surface area contributed by atoms with Crippen molar-refractivity contribution in [2.45, 2.75) is 6.92 Å². The van der Waals surface area contributed by atoms with Crippen molar-refractivity contribution >= 4 is 40.7 Å². The van der Waals surface area contributed by atoms with Crippen LogP contribution in [0.25, 0.3) is 17.4 Å². The number of amides is 1. The van der Waals surface area contributed by atoms with Gasteiger partial charge in [0.2, 0.25) is 0 Å². The summed E-state index contributed by atoms with van der Waals surface area (Å²) in [6, 6.07) is 14.5.